The number of hydrogen-bond donors (Lipinski definition) is 3. The molecule has 1 aliphatic rings. The molecule has 1 atom stereocenters. The number of nitrogens with one attached hydrogen (secondary N) is 1. The van der Waals surface area contributed by atoms with Gasteiger partial charge in [0.1, 0.15) is 9.04 Å². The molecule has 0 aromatic carbocycles. The zero-order chi connectivity index (χ0) is 22.1. The highest BCUT2D eigenvalue weighted by Crippen LogP contribution is 2.44. The first kappa shape index (κ1) is 20.9. The van der Waals surface area contributed by atoms with Crippen LogP contribution in [0.2, 0.25) is 0 Å². The fourth-order valence-electron chi connectivity index (χ4n) is 3.58. The van der Waals surface area contributed by atoms with Crippen LogP contribution < -0.4 is 11.1 Å². The molecule has 0 amide bonds. The summed E-state index contributed by atoms with van der Waals surface area (Å²) in [6.45, 7) is 0.379. The molecule has 0 aliphatic heterocycles. The van der Waals surface area contributed by atoms with Crippen molar-refractivity contribution in [2.75, 3.05) is 24.2 Å². The Morgan fingerprint density at radius 1 is 1.19 bits per heavy atom. The van der Waals surface area contributed by atoms with E-state index in [-0.39, 0.29) is 11.9 Å². The Morgan fingerprint density at radius 2 is 2.00 bits per heavy atom. The van der Waals surface area contributed by atoms with Gasteiger partial charge in [-0.05, 0) is 31.0 Å². The average Bonchev–Trinajstić information content (AvgIpc) is 3.13. The van der Waals surface area contributed by atoms with Crippen molar-refractivity contribution in [2.24, 2.45) is 0 Å². The molecular formula is C22H22N6O2S2. The first-order valence-corrected chi connectivity index (χ1v) is 12.4. The van der Waals surface area contributed by atoms with Gasteiger partial charge in [0, 0.05) is 46.9 Å². The summed E-state index contributed by atoms with van der Waals surface area (Å²) in [7, 11) is -1.13. The molecule has 5 rings (SSSR count). The van der Waals surface area contributed by atoms with E-state index in [0.717, 1.165) is 46.3 Å². The van der Waals surface area contributed by atoms with Crippen molar-refractivity contribution < 1.29 is 9.32 Å². The lowest BCUT2D eigenvalue weighted by Crippen LogP contribution is -2.23. The van der Waals surface area contributed by atoms with Crippen molar-refractivity contribution in [1.29, 1.82) is 0 Å². The summed E-state index contributed by atoms with van der Waals surface area (Å²) in [5.74, 6) is 0.437. The molecule has 164 valence electrons. The van der Waals surface area contributed by atoms with Crippen molar-refractivity contribution >= 4 is 44.0 Å². The first-order valence-electron chi connectivity index (χ1n) is 10.4. The van der Waals surface area contributed by atoms with Gasteiger partial charge >= 0.3 is 0 Å². The Hall–Kier alpha value is -2.95. The van der Waals surface area contributed by atoms with Crippen molar-refractivity contribution in [2.45, 2.75) is 28.7 Å². The Bertz CT molecular complexity index is 1270. The number of nitrogen functional groups attached to an aromatic ring is 1. The Morgan fingerprint density at radius 3 is 2.66 bits per heavy atom. The second-order valence-electron chi connectivity index (χ2n) is 7.55. The van der Waals surface area contributed by atoms with Crippen LogP contribution in [0.25, 0.3) is 32.7 Å². The molecule has 4 aromatic heterocycles. The summed E-state index contributed by atoms with van der Waals surface area (Å²) >= 11 is 1.40. The molecule has 8 nitrogen and oxygen atoms in total. The van der Waals surface area contributed by atoms with Crippen LogP contribution in [-0.4, -0.2) is 47.7 Å². The van der Waals surface area contributed by atoms with Crippen LogP contribution in [0, 0.1) is 0 Å². The van der Waals surface area contributed by atoms with Crippen LogP contribution in [0.4, 0.5) is 11.6 Å². The normalized spacial score (nSPS) is 14.9. The van der Waals surface area contributed by atoms with Crippen LogP contribution in [0.15, 0.2) is 47.1 Å². The molecule has 32 heavy (non-hydrogen) atoms. The van der Waals surface area contributed by atoms with Gasteiger partial charge in [0.05, 0.1) is 34.5 Å². The molecule has 0 saturated heterocycles. The maximum Gasteiger partial charge on any atom is 0.222 e. The SMILES string of the molecule is Nc1c([S@](=O)C2CCC2)sc2nc(-c3cnc(NCCO)nc3)cc(-c3ccccn3)c12. The molecular weight excluding hydrogens is 444 g/mol. The molecule has 1 aliphatic carbocycles. The number of rotatable bonds is 7. The minimum atomic E-state index is -1.13. The maximum absolute atomic E-state index is 13.1. The minimum absolute atomic E-state index is 0.00112. The van der Waals surface area contributed by atoms with Gasteiger partial charge in [-0.15, -0.1) is 11.3 Å². The number of pyridine rings is 2. The monoisotopic (exact) mass is 466 g/mol. The zero-order valence-electron chi connectivity index (χ0n) is 17.2. The van der Waals surface area contributed by atoms with Gasteiger partial charge in [-0.3, -0.25) is 9.19 Å². The van der Waals surface area contributed by atoms with Gasteiger partial charge in [0.2, 0.25) is 5.95 Å². The van der Waals surface area contributed by atoms with E-state index in [9.17, 15) is 4.21 Å². The number of fused-ring (bicyclic) bond motifs is 1. The van der Waals surface area contributed by atoms with Gasteiger partial charge in [0.15, 0.2) is 0 Å². The molecule has 0 bridgehead atoms. The van der Waals surface area contributed by atoms with Gasteiger partial charge in [-0.1, -0.05) is 12.5 Å². The number of aliphatic hydroxyl groups excluding tert-OH is 1. The van der Waals surface area contributed by atoms with E-state index in [1.165, 1.54) is 11.3 Å². The first-order chi connectivity index (χ1) is 15.7. The topological polar surface area (TPSA) is 127 Å². The quantitative estimate of drug-likeness (QED) is 0.378. The van der Waals surface area contributed by atoms with Crippen LogP contribution in [0.5, 0.6) is 0 Å². The second kappa shape index (κ2) is 8.89. The van der Waals surface area contributed by atoms with Crippen molar-refractivity contribution in [3.8, 4) is 22.5 Å². The molecule has 4 heterocycles. The van der Waals surface area contributed by atoms with E-state index < -0.39 is 10.8 Å². The fourth-order valence-corrected chi connectivity index (χ4v) is 6.79. The van der Waals surface area contributed by atoms with Gasteiger partial charge in [0.25, 0.3) is 0 Å². The van der Waals surface area contributed by atoms with Crippen molar-refractivity contribution in [3.63, 3.8) is 0 Å². The summed E-state index contributed by atoms with van der Waals surface area (Å²) in [5.41, 5.74) is 10.1. The van der Waals surface area contributed by atoms with E-state index in [4.69, 9.17) is 15.8 Å². The average molecular weight is 467 g/mol. The third-order valence-electron chi connectivity index (χ3n) is 5.49. The van der Waals surface area contributed by atoms with Crippen LogP contribution >= 0.6 is 11.3 Å². The summed E-state index contributed by atoms with van der Waals surface area (Å²) in [4.78, 5) is 18.7. The van der Waals surface area contributed by atoms with Crippen LogP contribution in [0.1, 0.15) is 19.3 Å². The van der Waals surface area contributed by atoms with Gasteiger partial charge in [-0.25, -0.2) is 15.0 Å². The van der Waals surface area contributed by atoms with E-state index in [2.05, 4.69) is 20.3 Å². The Labute approximate surface area is 191 Å². The number of hydrogen-bond acceptors (Lipinski definition) is 9. The highest BCUT2D eigenvalue weighted by atomic mass is 32.2. The smallest absolute Gasteiger partial charge is 0.222 e. The lowest BCUT2D eigenvalue weighted by atomic mass is 10.0. The number of aliphatic hydroxyl groups is 1. The number of anilines is 2. The van der Waals surface area contributed by atoms with Gasteiger partial charge < -0.3 is 16.2 Å². The Balaban J connectivity index is 1.64. The maximum atomic E-state index is 13.1. The van der Waals surface area contributed by atoms with E-state index in [1.54, 1.807) is 18.6 Å². The molecule has 4 N–H and O–H groups in total. The second-order valence-corrected chi connectivity index (χ2v) is 10.5. The Kier molecular flexibility index (Phi) is 5.81. The lowest BCUT2D eigenvalue weighted by Gasteiger charge is -2.23. The summed E-state index contributed by atoms with van der Waals surface area (Å²) in [6.07, 6.45) is 8.18. The van der Waals surface area contributed by atoms with E-state index >= 15 is 0 Å². The minimum Gasteiger partial charge on any atom is -0.396 e. The molecule has 1 saturated carbocycles. The summed E-state index contributed by atoms with van der Waals surface area (Å²) < 4.78 is 13.8. The predicted molar refractivity (Wildman–Crippen MR) is 128 cm³/mol. The predicted octanol–water partition coefficient (Wildman–Crippen LogP) is 3.46. The highest BCUT2D eigenvalue weighted by Gasteiger charge is 2.29. The van der Waals surface area contributed by atoms with Crippen LogP contribution in [0.3, 0.4) is 0 Å². The van der Waals surface area contributed by atoms with Crippen molar-refractivity contribution in [3.05, 3.63) is 42.9 Å². The zero-order valence-corrected chi connectivity index (χ0v) is 18.8. The largest absolute Gasteiger partial charge is 0.396 e. The van der Waals surface area contributed by atoms with Gasteiger partial charge in [-0.2, -0.15) is 0 Å². The number of thiophene rings is 1. The third-order valence-corrected chi connectivity index (χ3v) is 8.79. The molecule has 0 spiro atoms. The molecule has 10 heteroatoms. The highest BCUT2D eigenvalue weighted by molar-refractivity contribution is 7.88. The van der Waals surface area contributed by atoms with Crippen LogP contribution in [-0.2, 0) is 10.8 Å². The molecule has 0 unspecified atom stereocenters. The number of nitrogens with zero attached hydrogens (tertiary/aromatic N) is 4. The molecule has 4 aromatic rings. The number of nitrogens with two attached hydrogens (primary N) is 1. The molecule has 1 fully saturated rings. The fraction of sp³-hybridized carbons (Fsp3) is 0.273. The standard InChI is InChI=1S/C22H22N6O2S2/c23-19-18-15(16-6-1-2-7-24-16)10-17(13-11-26-22(27-12-13)25-8-9-29)28-20(18)31-21(19)32(30)14-4-3-5-14/h1-2,6-7,10-12,14,29H,3-5,8-9,23H2,(H,25,26,27)/t32-/m1/s1. The number of aromatic nitrogens is 4. The summed E-state index contributed by atoms with van der Waals surface area (Å²) in [6, 6.07) is 7.65. The van der Waals surface area contributed by atoms with E-state index in [0.29, 0.717) is 28.1 Å². The summed E-state index contributed by atoms with van der Waals surface area (Å²) in [5, 5.41) is 12.9. The lowest BCUT2D eigenvalue weighted by molar-refractivity contribution is 0.311. The molecule has 0 radical (unpaired) electrons. The third kappa shape index (κ3) is 3.85. The van der Waals surface area contributed by atoms with E-state index in [1.807, 2.05) is 24.3 Å². The van der Waals surface area contributed by atoms with Crippen molar-refractivity contribution in [1.82, 2.24) is 19.9 Å².